The number of Topliss-reactive ketones (excluding diaryl/α,β-unsaturated/α-hetero) is 1. The van der Waals surface area contributed by atoms with Gasteiger partial charge in [0, 0.05) is 11.1 Å². The first-order valence-electron chi connectivity index (χ1n) is 4.44. The summed E-state index contributed by atoms with van der Waals surface area (Å²) in [4.78, 5) is 13.0. The first-order valence-corrected chi connectivity index (χ1v) is 6.20. The molecule has 0 saturated heterocycles. The average molecular weight is 238 g/mol. The number of carbonyl (C=O) groups is 1. The molecule has 0 fully saturated rings. The highest BCUT2D eigenvalue weighted by Crippen LogP contribution is 2.11. The number of ketones is 1. The maximum atomic E-state index is 11.8. The third-order valence-corrected chi connectivity index (χ3v) is 3.92. The molecule has 0 radical (unpaired) electrons. The van der Waals surface area contributed by atoms with Crippen molar-refractivity contribution in [2.45, 2.75) is 13.5 Å². The highest BCUT2D eigenvalue weighted by atomic mass is 32.1. The Morgan fingerprint density at radius 1 is 1.53 bits per heavy atom. The van der Waals surface area contributed by atoms with Crippen molar-refractivity contribution in [2.75, 3.05) is 0 Å². The third-order valence-electron chi connectivity index (χ3n) is 2.11. The fraction of sp³-hybridized carbons (Fsp3) is 0.200. The zero-order valence-corrected chi connectivity index (χ0v) is 9.82. The molecule has 1 N–H and O–H groups in total. The molecular formula is C10H10N2OS2. The quantitative estimate of drug-likeness (QED) is 0.819. The van der Waals surface area contributed by atoms with E-state index in [9.17, 15) is 4.79 Å². The summed E-state index contributed by atoms with van der Waals surface area (Å²) < 4.78 is 1.73. The fourth-order valence-corrected chi connectivity index (χ4v) is 2.69. The van der Waals surface area contributed by atoms with Gasteiger partial charge in [0.2, 0.25) is 0 Å². The summed E-state index contributed by atoms with van der Waals surface area (Å²) in [5.74, 6) is 0.0741. The van der Waals surface area contributed by atoms with Gasteiger partial charge in [0.05, 0.1) is 11.4 Å². The number of nitrogens with one attached hydrogen (secondary N) is 1. The summed E-state index contributed by atoms with van der Waals surface area (Å²) in [5.41, 5.74) is 0.968. The molecule has 0 aliphatic rings. The van der Waals surface area contributed by atoms with Gasteiger partial charge in [-0.3, -0.25) is 10.2 Å². The number of carbonyl (C=O) groups excluding carboxylic acids is 1. The lowest BCUT2D eigenvalue weighted by Crippen LogP contribution is -2.20. The monoisotopic (exact) mass is 238 g/mol. The maximum absolute atomic E-state index is 11.8. The van der Waals surface area contributed by atoms with Gasteiger partial charge < -0.3 is 4.57 Å². The van der Waals surface area contributed by atoms with E-state index >= 15 is 0 Å². The second-order valence-electron chi connectivity index (χ2n) is 3.17. The molecule has 0 atom stereocenters. The number of hydrogen-bond donors (Lipinski definition) is 1. The van der Waals surface area contributed by atoms with E-state index in [4.69, 9.17) is 5.41 Å². The van der Waals surface area contributed by atoms with Crippen LogP contribution in [0.25, 0.3) is 0 Å². The molecule has 0 aliphatic carbocycles. The molecule has 2 rings (SSSR count). The van der Waals surface area contributed by atoms with E-state index in [0.29, 0.717) is 4.80 Å². The Morgan fingerprint density at radius 3 is 2.87 bits per heavy atom. The Balaban J connectivity index is 2.24. The average Bonchev–Trinajstić information content (AvgIpc) is 2.82. The Kier molecular flexibility index (Phi) is 2.83. The number of hydrogen-bond acceptors (Lipinski definition) is 4. The molecule has 0 aromatic carbocycles. The van der Waals surface area contributed by atoms with Gasteiger partial charge in [0.1, 0.15) is 0 Å². The van der Waals surface area contributed by atoms with Crippen molar-refractivity contribution in [3.05, 3.63) is 38.3 Å². The minimum Gasteiger partial charge on any atom is -0.314 e. The lowest BCUT2D eigenvalue weighted by Gasteiger charge is -2.02. The van der Waals surface area contributed by atoms with Crippen LogP contribution in [0.1, 0.15) is 15.4 Å². The van der Waals surface area contributed by atoms with Crippen LogP contribution in [0.5, 0.6) is 0 Å². The van der Waals surface area contributed by atoms with Crippen molar-refractivity contribution in [1.82, 2.24) is 4.57 Å². The molecule has 0 saturated carbocycles. The van der Waals surface area contributed by atoms with Crippen molar-refractivity contribution in [2.24, 2.45) is 0 Å². The van der Waals surface area contributed by atoms with Gasteiger partial charge in [0.15, 0.2) is 10.6 Å². The number of aryl methyl sites for hydroxylation is 1. The van der Waals surface area contributed by atoms with Gasteiger partial charge in [-0.25, -0.2) is 0 Å². The zero-order chi connectivity index (χ0) is 10.8. The molecule has 78 valence electrons. The summed E-state index contributed by atoms with van der Waals surface area (Å²) >= 11 is 2.79. The van der Waals surface area contributed by atoms with Gasteiger partial charge in [-0.1, -0.05) is 6.07 Å². The van der Waals surface area contributed by atoms with Crippen LogP contribution in [0.2, 0.25) is 0 Å². The first kappa shape index (κ1) is 10.3. The normalized spacial score (nSPS) is 10.5. The SMILES string of the molecule is Cc1csc(=N)n1CC(=O)c1cccs1. The van der Waals surface area contributed by atoms with Crippen LogP contribution >= 0.6 is 22.7 Å². The maximum Gasteiger partial charge on any atom is 0.192 e. The standard InChI is InChI=1S/C10H10N2OS2/c1-7-6-15-10(11)12(7)5-8(13)9-3-2-4-14-9/h2-4,6,11H,5H2,1H3. The predicted molar refractivity (Wildman–Crippen MR) is 61.6 cm³/mol. The molecule has 0 aliphatic heterocycles. The topological polar surface area (TPSA) is 45.9 Å². The largest absolute Gasteiger partial charge is 0.314 e. The van der Waals surface area contributed by atoms with Crippen molar-refractivity contribution >= 4 is 28.5 Å². The molecule has 2 heterocycles. The second kappa shape index (κ2) is 4.12. The lowest BCUT2D eigenvalue weighted by atomic mass is 10.3. The van der Waals surface area contributed by atoms with E-state index in [0.717, 1.165) is 10.6 Å². The summed E-state index contributed by atoms with van der Waals surface area (Å²) in [6.45, 7) is 2.19. The van der Waals surface area contributed by atoms with Gasteiger partial charge in [-0.05, 0) is 18.4 Å². The molecule has 3 nitrogen and oxygen atoms in total. The van der Waals surface area contributed by atoms with Crippen LogP contribution in [0.3, 0.4) is 0 Å². The lowest BCUT2D eigenvalue weighted by molar-refractivity contribution is 0.0974. The van der Waals surface area contributed by atoms with Gasteiger partial charge in [0.25, 0.3) is 0 Å². The van der Waals surface area contributed by atoms with E-state index in [1.807, 2.05) is 29.8 Å². The minimum atomic E-state index is 0.0741. The van der Waals surface area contributed by atoms with E-state index in [-0.39, 0.29) is 12.3 Å². The van der Waals surface area contributed by atoms with E-state index in [1.165, 1.54) is 22.7 Å². The summed E-state index contributed by atoms with van der Waals surface area (Å²) in [7, 11) is 0. The van der Waals surface area contributed by atoms with E-state index in [2.05, 4.69) is 0 Å². The highest BCUT2D eigenvalue weighted by molar-refractivity contribution is 7.12. The van der Waals surface area contributed by atoms with Crippen LogP contribution in [0.4, 0.5) is 0 Å². The third kappa shape index (κ3) is 2.08. The number of aromatic nitrogens is 1. The first-order chi connectivity index (χ1) is 7.18. The molecule has 2 aromatic rings. The molecule has 5 heteroatoms. The fourth-order valence-electron chi connectivity index (χ4n) is 1.28. The molecule has 2 aromatic heterocycles. The van der Waals surface area contributed by atoms with Gasteiger partial charge in [-0.2, -0.15) is 0 Å². The van der Waals surface area contributed by atoms with Crippen LogP contribution in [-0.4, -0.2) is 10.4 Å². The number of thiazole rings is 1. The Bertz CT molecular complexity index is 522. The number of thiophene rings is 1. The smallest absolute Gasteiger partial charge is 0.192 e. The molecular weight excluding hydrogens is 228 g/mol. The van der Waals surface area contributed by atoms with Crippen LogP contribution in [-0.2, 0) is 6.54 Å². The molecule has 0 amide bonds. The van der Waals surface area contributed by atoms with E-state index < -0.39 is 0 Å². The molecule has 0 spiro atoms. The Hall–Kier alpha value is -1.20. The molecule has 0 unspecified atom stereocenters. The molecule has 0 bridgehead atoms. The van der Waals surface area contributed by atoms with Crippen molar-refractivity contribution in [1.29, 1.82) is 5.41 Å². The van der Waals surface area contributed by atoms with Crippen LogP contribution in [0.15, 0.2) is 22.9 Å². The van der Waals surface area contributed by atoms with Crippen LogP contribution in [0, 0.1) is 12.3 Å². The zero-order valence-electron chi connectivity index (χ0n) is 8.19. The Labute approximate surface area is 95.1 Å². The summed E-state index contributed by atoms with van der Waals surface area (Å²) in [6.07, 6.45) is 0. The van der Waals surface area contributed by atoms with E-state index in [1.54, 1.807) is 4.57 Å². The van der Waals surface area contributed by atoms with Crippen molar-refractivity contribution in [3.8, 4) is 0 Å². The summed E-state index contributed by atoms with van der Waals surface area (Å²) in [6, 6.07) is 3.68. The second-order valence-corrected chi connectivity index (χ2v) is 4.97. The van der Waals surface area contributed by atoms with Gasteiger partial charge >= 0.3 is 0 Å². The summed E-state index contributed by atoms with van der Waals surface area (Å²) in [5, 5.41) is 11.4. The van der Waals surface area contributed by atoms with Gasteiger partial charge in [-0.15, -0.1) is 22.7 Å². The number of rotatable bonds is 3. The predicted octanol–water partition coefficient (Wildman–Crippen LogP) is 2.28. The molecule has 15 heavy (non-hydrogen) atoms. The minimum absolute atomic E-state index is 0.0741. The van der Waals surface area contributed by atoms with Crippen molar-refractivity contribution < 1.29 is 4.79 Å². The number of nitrogens with zero attached hydrogens (tertiary/aromatic N) is 1. The van der Waals surface area contributed by atoms with Crippen molar-refractivity contribution in [3.63, 3.8) is 0 Å². The highest BCUT2D eigenvalue weighted by Gasteiger charge is 2.09. The van der Waals surface area contributed by atoms with Crippen LogP contribution < -0.4 is 4.80 Å². The Morgan fingerprint density at radius 2 is 2.33 bits per heavy atom.